The number of hydrogen-bond donors (Lipinski definition) is 0. The van der Waals surface area contributed by atoms with Gasteiger partial charge >= 0.3 is 0 Å². The summed E-state index contributed by atoms with van der Waals surface area (Å²) in [5, 5.41) is 0. The standard InChI is InChI=1S/C28H16N2O6S/c31-25-21-8-1-2-9-22(21)26(32)29(25)17-12-14-19(15-13-17)37(35,36)20-7-5-6-18(16-20)30-27(33)23-10-3-4-11-24(23)28(30)34/h1-16H. The fraction of sp³-hybridized carbons (Fsp3) is 0. The van der Waals surface area contributed by atoms with Crippen LogP contribution in [0.1, 0.15) is 41.4 Å². The number of fused-ring (bicyclic) bond motifs is 2. The lowest BCUT2D eigenvalue weighted by Gasteiger charge is -2.16. The second kappa shape index (κ2) is 8.07. The summed E-state index contributed by atoms with van der Waals surface area (Å²) in [4.78, 5) is 52.9. The van der Waals surface area contributed by atoms with E-state index >= 15 is 0 Å². The zero-order chi connectivity index (χ0) is 25.9. The topological polar surface area (TPSA) is 109 Å². The molecule has 0 aromatic heterocycles. The Morgan fingerprint density at radius 3 is 1.32 bits per heavy atom. The van der Waals surface area contributed by atoms with E-state index in [4.69, 9.17) is 0 Å². The number of amides is 4. The first-order valence-electron chi connectivity index (χ1n) is 11.2. The van der Waals surface area contributed by atoms with Crippen molar-refractivity contribution in [3.05, 3.63) is 119 Å². The number of carbonyl (C=O) groups is 4. The summed E-state index contributed by atoms with van der Waals surface area (Å²) in [6, 6.07) is 23.9. The fourth-order valence-electron chi connectivity index (χ4n) is 4.55. The molecule has 0 bridgehead atoms. The zero-order valence-electron chi connectivity index (χ0n) is 19.0. The molecule has 6 rings (SSSR count). The maximum absolute atomic E-state index is 13.4. The van der Waals surface area contributed by atoms with Gasteiger partial charge in [-0.15, -0.1) is 0 Å². The number of nitrogens with zero attached hydrogens (tertiary/aromatic N) is 2. The highest BCUT2D eigenvalue weighted by Crippen LogP contribution is 2.33. The molecule has 4 aromatic rings. The number of sulfone groups is 1. The van der Waals surface area contributed by atoms with Crippen LogP contribution in [0.3, 0.4) is 0 Å². The van der Waals surface area contributed by atoms with Crippen molar-refractivity contribution in [2.45, 2.75) is 9.79 Å². The molecular formula is C28H16N2O6S. The van der Waals surface area contributed by atoms with Gasteiger partial charge in [-0.2, -0.15) is 0 Å². The fourth-order valence-corrected chi connectivity index (χ4v) is 5.85. The molecule has 2 aliphatic heterocycles. The van der Waals surface area contributed by atoms with E-state index in [1.165, 1.54) is 48.5 Å². The van der Waals surface area contributed by atoms with Crippen LogP contribution in [0.15, 0.2) is 107 Å². The van der Waals surface area contributed by atoms with Gasteiger partial charge in [0.25, 0.3) is 23.6 Å². The van der Waals surface area contributed by atoms with Crippen molar-refractivity contribution in [2.24, 2.45) is 0 Å². The Hall–Kier alpha value is -4.89. The monoisotopic (exact) mass is 508 g/mol. The van der Waals surface area contributed by atoms with Gasteiger partial charge in [-0.3, -0.25) is 19.2 Å². The zero-order valence-corrected chi connectivity index (χ0v) is 19.8. The highest BCUT2D eigenvalue weighted by Gasteiger charge is 2.38. The SMILES string of the molecule is O=C1c2ccccc2C(=O)N1c1ccc(S(=O)(=O)c2cccc(N3C(=O)c4ccccc4C3=O)c2)cc1. The maximum atomic E-state index is 13.4. The summed E-state index contributed by atoms with van der Waals surface area (Å²) in [6.45, 7) is 0. The number of rotatable bonds is 4. The summed E-state index contributed by atoms with van der Waals surface area (Å²) in [5.41, 5.74) is 1.46. The Labute approximate surface area is 211 Å². The number of imide groups is 2. The average Bonchev–Trinajstić information content (AvgIpc) is 3.33. The first-order valence-corrected chi connectivity index (χ1v) is 12.7. The molecule has 2 aliphatic rings. The van der Waals surface area contributed by atoms with Gasteiger partial charge in [-0.25, -0.2) is 18.2 Å². The summed E-state index contributed by atoms with van der Waals surface area (Å²) in [6.07, 6.45) is 0. The van der Waals surface area contributed by atoms with Crippen LogP contribution in [0.2, 0.25) is 0 Å². The first-order chi connectivity index (χ1) is 17.8. The molecule has 0 saturated carbocycles. The number of hydrogen-bond acceptors (Lipinski definition) is 6. The van der Waals surface area contributed by atoms with E-state index in [0.29, 0.717) is 0 Å². The van der Waals surface area contributed by atoms with Gasteiger partial charge in [0.15, 0.2) is 0 Å². The van der Waals surface area contributed by atoms with Crippen LogP contribution >= 0.6 is 0 Å². The molecule has 0 spiro atoms. The molecule has 4 aromatic carbocycles. The summed E-state index contributed by atoms with van der Waals surface area (Å²) in [7, 11) is -4.05. The van der Waals surface area contributed by atoms with Crippen molar-refractivity contribution in [3.8, 4) is 0 Å². The minimum Gasteiger partial charge on any atom is -0.268 e. The van der Waals surface area contributed by atoms with Gasteiger partial charge in [-0.1, -0.05) is 30.3 Å². The van der Waals surface area contributed by atoms with Gasteiger partial charge in [0, 0.05) is 0 Å². The van der Waals surface area contributed by atoms with Gasteiger partial charge in [-0.05, 0) is 66.7 Å². The highest BCUT2D eigenvalue weighted by atomic mass is 32.2. The molecule has 0 atom stereocenters. The van der Waals surface area contributed by atoms with Crippen molar-refractivity contribution in [1.29, 1.82) is 0 Å². The van der Waals surface area contributed by atoms with E-state index in [1.807, 2.05) is 0 Å². The first kappa shape index (κ1) is 22.6. The number of anilines is 2. The van der Waals surface area contributed by atoms with E-state index in [1.54, 1.807) is 48.5 Å². The lowest BCUT2D eigenvalue weighted by atomic mass is 10.1. The van der Waals surface area contributed by atoms with Crippen LogP contribution in [-0.4, -0.2) is 32.0 Å². The van der Waals surface area contributed by atoms with Crippen molar-refractivity contribution in [2.75, 3.05) is 9.80 Å². The normalized spacial score (nSPS) is 14.8. The average molecular weight is 509 g/mol. The lowest BCUT2D eigenvalue weighted by Crippen LogP contribution is -2.29. The van der Waals surface area contributed by atoms with Crippen molar-refractivity contribution < 1.29 is 27.6 Å². The number of benzene rings is 4. The minimum atomic E-state index is -4.05. The molecular weight excluding hydrogens is 492 g/mol. The molecule has 9 heteroatoms. The Morgan fingerprint density at radius 2 is 0.865 bits per heavy atom. The molecule has 0 N–H and O–H groups in total. The molecule has 2 heterocycles. The van der Waals surface area contributed by atoms with Gasteiger partial charge in [0.2, 0.25) is 9.84 Å². The van der Waals surface area contributed by atoms with E-state index < -0.39 is 33.5 Å². The van der Waals surface area contributed by atoms with Crippen LogP contribution < -0.4 is 9.80 Å². The second-order valence-corrected chi connectivity index (χ2v) is 10.4. The van der Waals surface area contributed by atoms with E-state index in [0.717, 1.165) is 9.80 Å². The predicted molar refractivity (Wildman–Crippen MR) is 133 cm³/mol. The summed E-state index contributed by atoms with van der Waals surface area (Å²) in [5.74, 6) is -2.02. The van der Waals surface area contributed by atoms with Crippen molar-refractivity contribution in [1.82, 2.24) is 0 Å². The summed E-state index contributed by atoms with van der Waals surface area (Å²) < 4.78 is 26.8. The third-order valence-corrected chi connectivity index (χ3v) is 8.15. The molecule has 0 unspecified atom stereocenters. The van der Waals surface area contributed by atoms with Crippen LogP contribution in [0.25, 0.3) is 0 Å². The molecule has 0 fully saturated rings. The largest absolute Gasteiger partial charge is 0.268 e. The van der Waals surface area contributed by atoms with Crippen LogP contribution in [-0.2, 0) is 9.84 Å². The second-order valence-electron chi connectivity index (χ2n) is 8.48. The van der Waals surface area contributed by atoms with Crippen molar-refractivity contribution in [3.63, 3.8) is 0 Å². The molecule has 8 nitrogen and oxygen atoms in total. The molecule has 37 heavy (non-hydrogen) atoms. The molecule has 0 radical (unpaired) electrons. The Bertz CT molecular complexity index is 1710. The molecule has 0 saturated heterocycles. The minimum absolute atomic E-state index is 0.0765. The highest BCUT2D eigenvalue weighted by molar-refractivity contribution is 7.91. The quantitative estimate of drug-likeness (QED) is 0.384. The van der Waals surface area contributed by atoms with Crippen LogP contribution in [0, 0.1) is 0 Å². The Kier molecular flexibility index (Phi) is 4.92. The Morgan fingerprint density at radius 1 is 0.432 bits per heavy atom. The predicted octanol–water partition coefficient (Wildman–Crippen LogP) is 4.12. The van der Waals surface area contributed by atoms with E-state index in [9.17, 15) is 27.6 Å². The molecule has 180 valence electrons. The van der Waals surface area contributed by atoms with Gasteiger partial charge in [0.1, 0.15) is 0 Å². The third-order valence-electron chi connectivity index (χ3n) is 6.38. The summed E-state index contributed by atoms with van der Waals surface area (Å²) >= 11 is 0. The van der Waals surface area contributed by atoms with Gasteiger partial charge < -0.3 is 0 Å². The van der Waals surface area contributed by atoms with E-state index in [-0.39, 0.29) is 43.4 Å². The number of carbonyl (C=O) groups excluding carboxylic acids is 4. The van der Waals surface area contributed by atoms with E-state index in [2.05, 4.69) is 0 Å². The smallest absolute Gasteiger partial charge is 0.266 e. The van der Waals surface area contributed by atoms with Crippen LogP contribution in [0.5, 0.6) is 0 Å². The van der Waals surface area contributed by atoms with Crippen LogP contribution in [0.4, 0.5) is 11.4 Å². The molecule has 0 aliphatic carbocycles. The Balaban J connectivity index is 1.31. The van der Waals surface area contributed by atoms with Gasteiger partial charge in [0.05, 0.1) is 43.4 Å². The third kappa shape index (κ3) is 3.32. The molecule has 4 amide bonds. The lowest BCUT2D eigenvalue weighted by molar-refractivity contribution is 0.0910. The maximum Gasteiger partial charge on any atom is 0.266 e. The van der Waals surface area contributed by atoms with Crippen molar-refractivity contribution >= 4 is 44.8 Å².